The molecule has 0 saturated carbocycles. The van der Waals surface area contributed by atoms with Crippen LogP contribution >= 0.6 is 0 Å². The van der Waals surface area contributed by atoms with E-state index in [1.54, 1.807) is 6.08 Å². The molecule has 256 valence electrons. The molecule has 0 spiro atoms. The number of carbonyl (C=O) groups excluding carboxylic acids is 1. The molecule has 0 heterocycles. The van der Waals surface area contributed by atoms with Gasteiger partial charge in [-0.3, -0.25) is 4.79 Å². The highest BCUT2D eigenvalue weighted by molar-refractivity contribution is 5.76. The van der Waals surface area contributed by atoms with Crippen molar-refractivity contribution in [2.75, 3.05) is 6.61 Å². The highest BCUT2D eigenvalue weighted by Crippen LogP contribution is 2.15. The van der Waals surface area contributed by atoms with Crippen LogP contribution in [0.25, 0.3) is 0 Å². The van der Waals surface area contributed by atoms with E-state index in [2.05, 4.69) is 19.2 Å². The van der Waals surface area contributed by atoms with Crippen LogP contribution in [0.3, 0.4) is 0 Å². The van der Waals surface area contributed by atoms with Crippen LogP contribution < -0.4 is 5.32 Å². The quantitative estimate of drug-likeness (QED) is 0.0496. The van der Waals surface area contributed by atoms with E-state index in [0.717, 1.165) is 25.7 Å². The Morgan fingerprint density at radius 3 is 1.21 bits per heavy atom. The number of allylic oxidation sites excluding steroid dienone is 1. The number of hydrogen-bond donors (Lipinski definition) is 3. The molecule has 43 heavy (non-hydrogen) atoms. The standard InChI is InChI=1S/C39H77NO3/c1-3-5-7-9-11-13-15-16-17-18-19-20-21-22-23-25-27-29-31-33-35-39(43)40-37(36-41)38(42)34-32-30-28-26-24-14-12-10-8-6-4-2/h32,34,37-38,41-42H,3-31,33,35-36H2,1-2H3,(H,40,43)/b34-32+. The highest BCUT2D eigenvalue weighted by atomic mass is 16.3. The van der Waals surface area contributed by atoms with E-state index in [1.165, 1.54) is 167 Å². The summed E-state index contributed by atoms with van der Waals surface area (Å²) in [7, 11) is 0. The van der Waals surface area contributed by atoms with Gasteiger partial charge in [0.25, 0.3) is 0 Å². The second-order valence-electron chi connectivity index (χ2n) is 13.4. The van der Waals surface area contributed by atoms with Crippen LogP contribution in [0.1, 0.15) is 213 Å². The molecule has 0 aliphatic heterocycles. The first-order chi connectivity index (χ1) is 21.2. The molecule has 4 nitrogen and oxygen atoms in total. The zero-order valence-corrected chi connectivity index (χ0v) is 29.2. The van der Waals surface area contributed by atoms with Gasteiger partial charge in [0.1, 0.15) is 0 Å². The lowest BCUT2D eigenvalue weighted by Crippen LogP contribution is -2.45. The molecule has 2 atom stereocenters. The smallest absolute Gasteiger partial charge is 0.220 e. The summed E-state index contributed by atoms with van der Waals surface area (Å²) < 4.78 is 0. The molecular formula is C39H77NO3. The molecule has 0 rings (SSSR count). The maximum atomic E-state index is 12.3. The Balaban J connectivity index is 3.52. The van der Waals surface area contributed by atoms with Crippen molar-refractivity contribution in [2.45, 2.75) is 225 Å². The normalized spacial score (nSPS) is 13.1. The van der Waals surface area contributed by atoms with Gasteiger partial charge in [-0.1, -0.05) is 199 Å². The van der Waals surface area contributed by atoms with Crippen molar-refractivity contribution in [3.05, 3.63) is 12.2 Å². The lowest BCUT2D eigenvalue weighted by Gasteiger charge is -2.20. The molecule has 0 aromatic heterocycles. The zero-order chi connectivity index (χ0) is 31.5. The fourth-order valence-corrected chi connectivity index (χ4v) is 6.00. The molecular weight excluding hydrogens is 530 g/mol. The van der Waals surface area contributed by atoms with Crippen molar-refractivity contribution in [2.24, 2.45) is 0 Å². The van der Waals surface area contributed by atoms with Gasteiger partial charge in [-0.2, -0.15) is 0 Å². The van der Waals surface area contributed by atoms with Gasteiger partial charge in [-0.05, 0) is 19.3 Å². The van der Waals surface area contributed by atoms with Crippen LogP contribution in [-0.2, 0) is 4.79 Å². The molecule has 4 heteroatoms. The van der Waals surface area contributed by atoms with Crippen molar-refractivity contribution >= 4 is 5.91 Å². The third-order valence-corrected chi connectivity index (χ3v) is 9.02. The van der Waals surface area contributed by atoms with Gasteiger partial charge in [0.05, 0.1) is 18.8 Å². The van der Waals surface area contributed by atoms with E-state index >= 15 is 0 Å². The Morgan fingerprint density at radius 2 is 0.860 bits per heavy atom. The van der Waals surface area contributed by atoms with Crippen LogP contribution in [0, 0.1) is 0 Å². The van der Waals surface area contributed by atoms with E-state index in [-0.39, 0.29) is 12.5 Å². The van der Waals surface area contributed by atoms with Gasteiger partial charge >= 0.3 is 0 Å². The summed E-state index contributed by atoms with van der Waals surface area (Å²) in [5.41, 5.74) is 0. The lowest BCUT2D eigenvalue weighted by molar-refractivity contribution is -0.123. The average molecular weight is 608 g/mol. The van der Waals surface area contributed by atoms with E-state index < -0.39 is 12.1 Å². The highest BCUT2D eigenvalue weighted by Gasteiger charge is 2.17. The van der Waals surface area contributed by atoms with Gasteiger partial charge in [-0.15, -0.1) is 0 Å². The van der Waals surface area contributed by atoms with Crippen LogP contribution in [0.15, 0.2) is 12.2 Å². The molecule has 0 aliphatic carbocycles. The molecule has 1 amide bonds. The van der Waals surface area contributed by atoms with Gasteiger partial charge in [0.2, 0.25) is 5.91 Å². The van der Waals surface area contributed by atoms with Gasteiger partial charge in [-0.25, -0.2) is 0 Å². The first kappa shape index (κ1) is 42.1. The summed E-state index contributed by atoms with van der Waals surface area (Å²) in [5.74, 6) is -0.0622. The maximum absolute atomic E-state index is 12.3. The largest absolute Gasteiger partial charge is 0.394 e. The molecule has 0 aromatic carbocycles. The number of carbonyl (C=O) groups is 1. The Kier molecular flexibility index (Phi) is 34.9. The predicted molar refractivity (Wildman–Crippen MR) is 189 cm³/mol. The van der Waals surface area contributed by atoms with Gasteiger partial charge in [0.15, 0.2) is 0 Å². The molecule has 0 fully saturated rings. The number of unbranched alkanes of at least 4 members (excludes halogenated alkanes) is 28. The van der Waals surface area contributed by atoms with Crippen molar-refractivity contribution in [3.63, 3.8) is 0 Å². The minimum Gasteiger partial charge on any atom is -0.394 e. The monoisotopic (exact) mass is 608 g/mol. The SMILES string of the molecule is CCCCCCCCCCC/C=C/C(O)C(CO)NC(=O)CCCCCCCCCCCCCCCCCCCCCC. The van der Waals surface area contributed by atoms with E-state index in [0.29, 0.717) is 6.42 Å². The minimum atomic E-state index is -0.831. The summed E-state index contributed by atoms with van der Waals surface area (Å²) in [6.45, 7) is 4.30. The Hall–Kier alpha value is -0.870. The number of amides is 1. The van der Waals surface area contributed by atoms with E-state index in [9.17, 15) is 15.0 Å². The molecule has 3 N–H and O–H groups in total. The van der Waals surface area contributed by atoms with Gasteiger partial charge in [0, 0.05) is 6.42 Å². The van der Waals surface area contributed by atoms with Gasteiger partial charge < -0.3 is 15.5 Å². The minimum absolute atomic E-state index is 0.0622. The number of aliphatic hydroxyl groups is 2. The van der Waals surface area contributed by atoms with Crippen LogP contribution in [0.2, 0.25) is 0 Å². The third-order valence-electron chi connectivity index (χ3n) is 9.02. The van der Waals surface area contributed by atoms with Crippen molar-refractivity contribution < 1.29 is 15.0 Å². The molecule has 0 saturated heterocycles. The first-order valence-corrected chi connectivity index (χ1v) is 19.4. The number of nitrogens with one attached hydrogen (secondary N) is 1. The lowest BCUT2D eigenvalue weighted by atomic mass is 10.0. The summed E-state index contributed by atoms with van der Waals surface area (Å²) in [5, 5.41) is 22.9. The molecule has 0 radical (unpaired) electrons. The molecule has 0 aromatic rings. The van der Waals surface area contributed by atoms with Crippen LogP contribution in [0.5, 0.6) is 0 Å². The second kappa shape index (κ2) is 35.6. The van der Waals surface area contributed by atoms with Crippen molar-refractivity contribution in [1.29, 1.82) is 0 Å². The fourth-order valence-electron chi connectivity index (χ4n) is 6.00. The van der Waals surface area contributed by atoms with Crippen LogP contribution in [0.4, 0.5) is 0 Å². The Bertz CT molecular complexity index is 579. The van der Waals surface area contributed by atoms with E-state index in [1.807, 2.05) is 6.08 Å². The number of hydrogen-bond acceptors (Lipinski definition) is 3. The molecule has 0 aliphatic rings. The van der Waals surface area contributed by atoms with E-state index in [4.69, 9.17) is 0 Å². The Morgan fingerprint density at radius 1 is 0.535 bits per heavy atom. The summed E-state index contributed by atoms with van der Waals surface area (Å²) in [6.07, 6.45) is 43.0. The molecule has 0 bridgehead atoms. The first-order valence-electron chi connectivity index (χ1n) is 19.4. The van der Waals surface area contributed by atoms with Crippen LogP contribution in [-0.4, -0.2) is 34.9 Å². The third kappa shape index (κ3) is 32.3. The zero-order valence-electron chi connectivity index (χ0n) is 29.2. The van der Waals surface area contributed by atoms with Crippen molar-refractivity contribution in [3.8, 4) is 0 Å². The Labute approximate surface area is 269 Å². The van der Waals surface area contributed by atoms with Crippen molar-refractivity contribution in [1.82, 2.24) is 5.32 Å². The number of rotatable bonds is 35. The summed E-state index contributed by atoms with van der Waals surface area (Å²) >= 11 is 0. The fraction of sp³-hybridized carbons (Fsp3) is 0.923. The maximum Gasteiger partial charge on any atom is 0.220 e. The predicted octanol–water partition coefficient (Wildman–Crippen LogP) is 11.5. The molecule has 2 unspecified atom stereocenters. The average Bonchev–Trinajstić information content (AvgIpc) is 3.01. The number of aliphatic hydroxyl groups excluding tert-OH is 2. The summed E-state index contributed by atoms with van der Waals surface area (Å²) in [4.78, 5) is 12.3. The topological polar surface area (TPSA) is 69.6 Å². The summed E-state index contributed by atoms with van der Waals surface area (Å²) in [6, 6.07) is -0.614. The second-order valence-corrected chi connectivity index (χ2v) is 13.4.